The number of aliphatic hydroxyl groups excluding tert-OH is 1. The van der Waals surface area contributed by atoms with Gasteiger partial charge in [-0.05, 0) is 24.6 Å². The van der Waals surface area contributed by atoms with Crippen molar-refractivity contribution in [2.24, 2.45) is 0 Å². The molecule has 1 aromatic carbocycles. The molecule has 4 heteroatoms. The first-order valence-corrected chi connectivity index (χ1v) is 5.99. The fourth-order valence-corrected chi connectivity index (χ4v) is 2.07. The quantitative estimate of drug-likeness (QED) is 0.885. The molecule has 0 aliphatic rings. The molecule has 0 bridgehead atoms. The molecule has 1 N–H and O–H groups in total. The Morgan fingerprint density at radius 2 is 2.12 bits per heavy atom. The molecule has 1 heterocycles. The van der Waals surface area contributed by atoms with Gasteiger partial charge in [0.05, 0.1) is 6.61 Å². The molecule has 0 saturated heterocycles. The Labute approximate surface area is 98.4 Å². The van der Waals surface area contributed by atoms with E-state index in [0.29, 0.717) is 11.6 Å². The highest BCUT2D eigenvalue weighted by Gasteiger charge is 2.12. The molecule has 0 saturated carbocycles. The Morgan fingerprint density at radius 3 is 2.69 bits per heavy atom. The Morgan fingerprint density at radius 1 is 1.38 bits per heavy atom. The van der Waals surface area contributed by atoms with Gasteiger partial charge in [-0.15, -0.1) is 11.3 Å². The van der Waals surface area contributed by atoms with E-state index in [0.717, 1.165) is 11.3 Å². The second-order valence-corrected chi connectivity index (χ2v) is 4.20. The topological polar surface area (TPSA) is 42.4 Å². The molecule has 1 atom stereocenters. The number of hydrogen-bond donors (Lipinski definition) is 1. The maximum atomic E-state index is 10.0. The molecule has 1 unspecified atom stereocenters. The van der Waals surface area contributed by atoms with Crippen LogP contribution in [0.4, 0.5) is 0 Å². The summed E-state index contributed by atoms with van der Waals surface area (Å²) in [6.07, 6.45) is 1.05. The highest BCUT2D eigenvalue weighted by molar-refractivity contribution is 7.09. The van der Waals surface area contributed by atoms with Crippen LogP contribution in [0, 0.1) is 0 Å². The number of aromatic nitrogens is 1. The van der Waals surface area contributed by atoms with Gasteiger partial charge in [0.25, 0.3) is 0 Å². The van der Waals surface area contributed by atoms with Crippen molar-refractivity contribution < 1.29 is 9.84 Å². The summed E-state index contributed by atoms with van der Waals surface area (Å²) in [7, 11) is 0. The predicted octanol–water partition coefficient (Wildman–Crippen LogP) is 2.62. The number of rotatable bonds is 4. The molecule has 16 heavy (non-hydrogen) atoms. The van der Waals surface area contributed by atoms with Gasteiger partial charge < -0.3 is 9.84 Å². The van der Waals surface area contributed by atoms with Gasteiger partial charge in [-0.3, -0.25) is 0 Å². The lowest BCUT2D eigenvalue weighted by Gasteiger charge is -2.09. The Kier molecular flexibility index (Phi) is 3.54. The SMILES string of the molecule is CCOc1ccc(C(O)c2nccs2)cc1. The van der Waals surface area contributed by atoms with E-state index in [4.69, 9.17) is 4.74 Å². The van der Waals surface area contributed by atoms with Crippen molar-refractivity contribution in [2.45, 2.75) is 13.0 Å². The molecule has 0 spiro atoms. The minimum Gasteiger partial charge on any atom is -0.494 e. The maximum absolute atomic E-state index is 10.0. The first kappa shape index (κ1) is 11.1. The minimum atomic E-state index is -0.643. The van der Waals surface area contributed by atoms with E-state index in [-0.39, 0.29) is 0 Å². The van der Waals surface area contributed by atoms with E-state index < -0.39 is 6.10 Å². The molecular weight excluding hydrogens is 222 g/mol. The van der Waals surface area contributed by atoms with Gasteiger partial charge in [-0.25, -0.2) is 4.98 Å². The summed E-state index contributed by atoms with van der Waals surface area (Å²) in [5.74, 6) is 0.817. The van der Waals surface area contributed by atoms with Crippen molar-refractivity contribution in [1.29, 1.82) is 0 Å². The summed E-state index contributed by atoms with van der Waals surface area (Å²) in [6.45, 7) is 2.59. The summed E-state index contributed by atoms with van der Waals surface area (Å²) in [6, 6.07) is 7.43. The third kappa shape index (κ3) is 2.40. The largest absolute Gasteiger partial charge is 0.494 e. The van der Waals surface area contributed by atoms with Crippen molar-refractivity contribution in [3.05, 3.63) is 46.4 Å². The summed E-state index contributed by atoms with van der Waals surface area (Å²) in [5.41, 5.74) is 0.832. The number of hydrogen-bond acceptors (Lipinski definition) is 4. The van der Waals surface area contributed by atoms with E-state index in [2.05, 4.69) is 4.98 Å². The van der Waals surface area contributed by atoms with E-state index >= 15 is 0 Å². The predicted molar refractivity (Wildman–Crippen MR) is 63.8 cm³/mol. The lowest BCUT2D eigenvalue weighted by molar-refractivity contribution is 0.219. The van der Waals surface area contributed by atoms with Gasteiger partial charge >= 0.3 is 0 Å². The lowest BCUT2D eigenvalue weighted by atomic mass is 10.1. The first-order valence-electron chi connectivity index (χ1n) is 5.11. The zero-order valence-corrected chi connectivity index (χ0v) is 9.78. The van der Waals surface area contributed by atoms with Crippen LogP contribution in [0.25, 0.3) is 0 Å². The van der Waals surface area contributed by atoms with Crippen molar-refractivity contribution in [1.82, 2.24) is 4.98 Å². The van der Waals surface area contributed by atoms with Crippen LogP contribution >= 0.6 is 11.3 Å². The fraction of sp³-hybridized carbons (Fsp3) is 0.250. The van der Waals surface area contributed by atoms with Gasteiger partial charge in [0.1, 0.15) is 16.9 Å². The van der Waals surface area contributed by atoms with Crippen LogP contribution < -0.4 is 4.74 Å². The summed E-state index contributed by atoms with van der Waals surface area (Å²) in [4.78, 5) is 4.09. The molecule has 84 valence electrons. The second kappa shape index (κ2) is 5.09. The zero-order valence-electron chi connectivity index (χ0n) is 8.96. The van der Waals surface area contributed by atoms with E-state index in [9.17, 15) is 5.11 Å². The number of aliphatic hydroxyl groups is 1. The van der Waals surface area contributed by atoms with Crippen LogP contribution in [0.2, 0.25) is 0 Å². The molecule has 3 nitrogen and oxygen atoms in total. The van der Waals surface area contributed by atoms with E-state index in [1.807, 2.05) is 36.6 Å². The average Bonchev–Trinajstić information content (AvgIpc) is 2.83. The first-order chi connectivity index (χ1) is 7.81. The number of ether oxygens (including phenoxy) is 1. The number of nitrogens with zero attached hydrogens (tertiary/aromatic N) is 1. The van der Waals surface area contributed by atoms with E-state index in [1.165, 1.54) is 11.3 Å². The van der Waals surface area contributed by atoms with Crippen LogP contribution in [0.1, 0.15) is 23.6 Å². The summed E-state index contributed by atoms with van der Waals surface area (Å²) >= 11 is 1.45. The standard InChI is InChI=1S/C12H13NO2S/c1-2-15-10-5-3-9(4-6-10)11(14)12-13-7-8-16-12/h3-8,11,14H,2H2,1H3. The molecule has 2 aromatic rings. The van der Waals surface area contributed by atoms with Gasteiger partial charge in [-0.2, -0.15) is 0 Å². The third-order valence-electron chi connectivity index (χ3n) is 2.19. The second-order valence-electron chi connectivity index (χ2n) is 3.27. The zero-order chi connectivity index (χ0) is 11.4. The highest BCUT2D eigenvalue weighted by Crippen LogP contribution is 2.25. The van der Waals surface area contributed by atoms with Crippen LogP contribution in [0.3, 0.4) is 0 Å². The van der Waals surface area contributed by atoms with Crippen LogP contribution in [0.15, 0.2) is 35.8 Å². The Hall–Kier alpha value is -1.39. The molecule has 0 radical (unpaired) electrons. The fourth-order valence-electron chi connectivity index (χ4n) is 1.43. The molecule has 0 amide bonds. The molecule has 0 aliphatic heterocycles. The lowest BCUT2D eigenvalue weighted by Crippen LogP contribution is -1.99. The smallest absolute Gasteiger partial charge is 0.131 e. The van der Waals surface area contributed by atoms with Crippen molar-refractivity contribution in [3.63, 3.8) is 0 Å². The normalized spacial score (nSPS) is 12.4. The van der Waals surface area contributed by atoms with Crippen LogP contribution in [0.5, 0.6) is 5.75 Å². The average molecular weight is 235 g/mol. The maximum Gasteiger partial charge on any atom is 0.131 e. The van der Waals surface area contributed by atoms with Crippen LogP contribution in [-0.2, 0) is 0 Å². The summed E-state index contributed by atoms with van der Waals surface area (Å²) in [5, 5.41) is 12.6. The molecule has 0 fully saturated rings. The monoisotopic (exact) mass is 235 g/mol. The highest BCUT2D eigenvalue weighted by atomic mass is 32.1. The van der Waals surface area contributed by atoms with Crippen molar-refractivity contribution >= 4 is 11.3 Å². The third-order valence-corrected chi connectivity index (χ3v) is 3.02. The van der Waals surface area contributed by atoms with Gasteiger partial charge in [0, 0.05) is 11.6 Å². The Balaban J connectivity index is 2.15. The van der Waals surface area contributed by atoms with Gasteiger partial charge in [0.15, 0.2) is 0 Å². The Bertz CT molecular complexity index is 425. The van der Waals surface area contributed by atoms with Gasteiger partial charge in [0.2, 0.25) is 0 Å². The molecule has 0 aliphatic carbocycles. The van der Waals surface area contributed by atoms with E-state index in [1.54, 1.807) is 6.20 Å². The van der Waals surface area contributed by atoms with Crippen molar-refractivity contribution in [2.75, 3.05) is 6.61 Å². The van der Waals surface area contributed by atoms with Crippen molar-refractivity contribution in [3.8, 4) is 5.75 Å². The molecule has 2 rings (SSSR count). The van der Waals surface area contributed by atoms with Gasteiger partial charge in [-0.1, -0.05) is 12.1 Å². The number of benzene rings is 1. The number of thiazole rings is 1. The summed E-state index contributed by atoms with van der Waals surface area (Å²) < 4.78 is 5.34. The minimum absolute atomic E-state index is 0.643. The van der Waals surface area contributed by atoms with Crippen LogP contribution in [-0.4, -0.2) is 16.7 Å². The molecule has 1 aromatic heterocycles. The molecular formula is C12H13NO2S.